The molecule has 2 heterocycles. The average molecular weight is 717 g/mol. The topological polar surface area (TPSA) is 52.7 Å². The molecule has 0 spiro atoms. The number of aryl methyl sites for hydroxylation is 1. The Bertz CT molecular complexity index is 1790. The Labute approximate surface area is 267 Å². The summed E-state index contributed by atoms with van der Waals surface area (Å²) in [6.07, 6.45) is 2.05. The van der Waals surface area contributed by atoms with Crippen molar-refractivity contribution in [1.82, 2.24) is 19.6 Å². The van der Waals surface area contributed by atoms with Crippen molar-refractivity contribution >= 4 is 22.6 Å². The Hall–Kier alpha value is -3.80. The molecule has 5 rings (SSSR count). The molecule has 10 heteroatoms. The van der Waals surface area contributed by atoms with Crippen molar-refractivity contribution in [3.8, 4) is 22.6 Å². The van der Waals surface area contributed by atoms with E-state index in [9.17, 15) is 4.79 Å². The molecule has 0 saturated heterocycles. The van der Waals surface area contributed by atoms with Gasteiger partial charge >= 0.3 is 0 Å². The lowest BCUT2D eigenvalue weighted by molar-refractivity contribution is 0.437. The highest BCUT2D eigenvalue weighted by atomic mass is 127. The van der Waals surface area contributed by atoms with Crippen LogP contribution in [-0.4, -0.2) is 19.6 Å². The van der Waals surface area contributed by atoms with Gasteiger partial charge in [0.05, 0.1) is 0 Å². The fourth-order valence-electron chi connectivity index (χ4n) is 4.34. The van der Waals surface area contributed by atoms with Gasteiger partial charge in [-0.2, -0.15) is 0 Å². The minimum atomic E-state index is -1.64. The van der Waals surface area contributed by atoms with Crippen LogP contribution in [-0.2, 0) is 10.8 Å². The molecule has 0 aliphatic carbocycles. The molecule has 44 heavy (non-hydrogen) atoms. The van der Waals surface area contributed by atoms with Crippen LogP contribution in [0.4, 0.5) is 17.6 Å². The van der Waals surface area contributed by atoms with E-state index < -0.39 is 40.1 Å². The van der Waals surface area contributed by atoms with Gasteiger partial charge in [-0.1, -0.05) is 88.7 Å². The van der Waals surface area contributed by atoms with E-state index in [4.69, 9.17) is 0 Å². The molecule has 3 aromatic carbocycles. The van der Waals surface area contributed by atoms with E-state index >= 15 is 17.6 Å². The Morgan fingerprint density at radius 3 is 1.61 bits per heavy atom. The van der Waals surface area contributed by atoms with Crippen LogP contribution in [0.1, 0.15) is 58.2 Å². The number of halogens is 5. The lowest BCUT2D eigenvalue weighted by atomic mass is 9.79. The Morgan fingerprint density at radius 1 is 0.705 bits per heavy atom. The predicted octanol–water partition coefficient (Wildman–Crippen LogP) is 8.84. The van der Waals surface area contributed by atoms with Crippen molar-refractivity contribution in [2.75, 3.05) is 0 Å². The number of pyridine rings is 1. The molecular formula is C34H33F4IN4O. The Balaban J connectivity index is 0.000000555. The normalized spacial score (nSPS) is 11.7. The first-order valence-corrected chi connectivity index (χ1v) is 14.9. The number of hydrogen-bond acceptors (Lipinski definition) is 3. The van der Waals surface area contributed by atoms with Crippen LogP contribution in [0.3, 0.4) is 0 Å². The van der Waals surface area contributed by atoms with Crippen molar-refractivity contribution in [2.45, 2.75) is 59.3 Å². The van der Waals surface area contributed by atoms with Gasteiger partial charge in [0.25, 0.3) is 0 Å². The first-order valence-electron chi connectivity index (χ1n) is 13.8. The molecule has 0 amide bonds. The van der Waals surface area contributed by atoms with E-state index in [0.29, 0.717) is 11.3 Å². The number of hydrogen-bond donors (Lipinski definition) is 0. The van der Waals surface area contributed by atoms with Gasteiger partial charge in [-0.05, 0) is 63.6 Å². The summed E-state index contributed by atoms with van der Waals surface area (Å²) in [7, 11) is 0. The lowest BCUT2D eigenvalue weighted by Crippen LogP contribution is -2.16. The molecule has 0 aliphatic rings. The molecule has 2 aromatic heterocycles. The molecule has 0 saturated carbocycles. The number of aromatic nitrogens is 4. The summed E-state index contributed by atoms with van der Waals surface area (Å²) in [5.74, 6) is -6.54. The highest BCUT2D eigenvalue weighted by molar-refractivity contribution is 14.1. The number of benzene rings is 3. The zero-order valence-electron chi connectivity index (χ0n) is 25.5. The second-order valence-electron chi connectivity index (χ2n) is 12.5. The van der Waals surface area contributed by atoms with Gasteiger partial charge in [-0.3, -0.25) is 4.79 Å². The summed E-state index contributed by atoms with van der Waals surface area (Å²) in [6, 6.07) is 18.3. The maximum Gasteiger partial charge on any atom is 0.189 e. The number of rotatable bonds is 3. The minimum absolute atomic E-state index is 0.177. The van der Waals surface area contributed by atoms with Gasteiger partial charge in [0.15, 0.2) is 28.7 Å². The largest absolute Gasteiger partial charge is 0.318 e. The zero-order chi connectivity index (χ0) is 32.6. The van der Waals surface area contributed by atoms with Crippen molar-refractivity contribution in [2.24, 2.45) is 0 Å². The molecule has 5 nitrogen and oxygen atoms in total. The second kappa shape index (κ2) is 12.7. The molecule has 0 aliphatic heterocycles. The van der Waals surface area contributed by atoms with Crippen LogP contribution >= 0.6 is 22.6 Å². The summed E-state index contributed by atoms with van der Waals surface area (Å²) in [4.78, 5) is 11.3. The molecule has 0 unspecified atom stereocenters. The molecule has 5 aromatic rings. The maximum atomic E-state index is 15.2. The summed E-state index contributed by atoms with van der Waals surface area (Å²) in [5.41, 5.74) is 1.54. The highest BCUT2D eigenvalue weighted by Crippen LogP contribution is 2.36. The monoisotopic (exact) mass is 716 g/mol. The van der Waals surface area contributed by atoms with E-state index in [0.717, 1.165) is 44.9 Å². The molecule has 0 bridgehead atoms. The Kier molecular flexibility index (Phi) is 9.53. The first kappa shape index (κ1) is 33.1. The van der Waals surface area contributed by atoms with Crippen molar-refractivity contribution in [3.63, 3.8) is 0 Å². The molecule has 0 fully saturated rings. The molecule has 0 radical (unpaired) electrons. The molecular weight excluding hydrogens is 683 g/mol. The van der Waals surface area contributed by atoms with E-state index in [1.807, 2.05) is 52.9 Å². The van der Waals surface area contributed by atoms with Gasteiger partial charge < -0.3 is 4.57 Å². The van der Waals surface area contributed by atoms with E-state index in [2.05, 4.69) is 77.0 Å². The molecule has 230 valence electrons. The van der Waals surface area contributed by atoms with Gasteiger partial charge in [0.1, 0.15) is 20.8 Å². The van der Waals surface area contributed by atoms with Crippen LogP contribution in [0, 0.1) is 33.9 Å². The fraction of sp³-hybridized carbons (Fsp3) is 0.265. The highest BCUT2D eigenvalue weighted by Gasteiger charge is 2.30. The first-order chi connectivity index (χ1) is 20.5. The maximum absolute atomic E-state index is 15.2. The van der Waals surface area contributed by atoms with Gasteiger partial charge in [-0.15, -0.1) is 5.10 Å². The third-order valence-corrected chi connectivity index (χ3v) is 7.95. The Morgan fingerprint density at radius 2 is 1.18 bits per heavy atom. The predicted molar refractivity (Wildman–Crippen MR) is 174 cm³/mol. The van der Waals surface area contributed by atoms with E-state index in [1.165, 1.54) is 5.56 Å². The SMILES string of the molecule is CC(C)(C)c1cc(-c2nnn(-c3c(F)c(F)c(-n4ccc(=O)cc4)c(F)c3F)c2I)cc(C(C)(C)C)c1.Cc1ccccc1. The van der Waals surface area contributed by atoms with E-state index in [-0.39, 0.29) is 14.5 Å². The second-order valence-corrected chi connectivity index (χ2v) is 13.5. The lowest BCUT2D eigenvalue weighted by Gasteiger charge is -2.26. The van der Waals surface area contributed by atoms with Crippen molar-refractivity contribution in [3.05, 3.63) is 127 Å². The smallest absolute Gasteiger partial charge is 0.189 e. The van der Waals surface area contributed by atoms with E-state index in [1.54, 1.807) is 0 Å². The van der Waals surface area contributed by atoms with Crippen molar-refractivity contribution in [1.29, 1.82) is 0 Å². The summed E-state index contributed by atoms with van der Waals surface area (Å²) < 4.78 is 62.3. The van der Waals surface area contributed by atoms with Crippen LogP contribution in [0.25, 0.3) is 22.6 Å². The van der Waals surface area contributed by atoms with Crippen LogP contribution in [0.5, 0.6) is 0 Å². The summed E-state index contributed by atoms with van der Waals surface area (Å²) >= 11 is 1.81. The molecule has 0 N–H and O–H groups in total. The third kappa shape index (κ3) is 6.95. The van der Waals surface area contributed by atoms with Gasteiger partial charge in [0, 0.05) is 30.1 Å². The quantitative estimate of drug-likeness (QED) is 0.107. The van der Waals surface area contributed by atoms with Crippen LogP contribution in [0.2, 0.25) is 0 Å². The van der Waals surface area contributed by atoms with Crippen molar-refractivity contribution < 1.29 is 17.6 Å². The zero-order valence-corrected chi connectivity index (χ0v) is 27.7. The fourth-order valence-corrected chi connectivity index (χ4v) is 5.09. The van der Waals surface area contributed by atoms with Crippen LogP contribution in [0.15, 0.2) is 77.9 Å². The minimum Gasteiger partial charge on any atom is -0.318 e. The van der Waals surface area contributed by atoms with Gasteiger partial charge in [0.2, 0.25) is 0 Å². The number of nitrogens with zero attached hydrogens (tertiary/aromatic N) is 4. The summed E-state index contributed by atoms with van der Waals surface area (Å²) in [5, 5.41) is 7.99. The average Bonchev–Trinajstić information content (AvgIpc) is 3.33. The van der Waals surface area contributed by atoms with Gasteiger partial charge in [-0.25, -0.2) is 22.2 Å². The summed E-state index contributed by atoms with van der Waals surface area (Å²) in [6.45, 7) is 14.5. The molecule has 0 atom stereocenters. The third-order valence-electron chi connectivity index (χ3n) is 6.98. The standard InChI is InChI=1S/C27H25F4IN4O.C7H8/c1-26(2,3)15-11-14(12-16(13-15)27(4,5)6)22-25(32)36(34-33-22)24-20(30)18(28)23(19(29)21(24)31)35-9-7-17(37)8-10-35;1-7-5-3-2-4-6-7/h7-13H,1-6H3;2-6H,1H3. The van der Waals surface area contributed by atoms with Crippen LogP contribution < -0.4 is 5.43 Å².